The van der Waals surface area contributed by atoms with Crippen LogP contribution in [0.3, 0.4) is 0 Å². The lowest BCUT2D eigenvalue weighted by molar-refractivity contribution is -0.123. The molecule has 10 heteroatoms. The zero-order chi connectivity index (χ0) is 19.3. The van der Waals surface area contributed by atoms with Crippen molar-refractivity contribution in [3.05, 3.63) is 52.2 Å². The maximum atomic E-state index is 12.3. The molecule has 0 fully saturated rings. The fraction of sp³-hybridized carbons (Fsp3) is 0.188. The highest BCUT2D eigenvalue weighted by Gasteiger charge is 2.22. The van der Waals surface area contributed by atoms with E-state index < -0.39 is 27.9 Å². The second-order valence-corrected chi connectivity index (χ2v) is 8.01. The summed E-state index contributed by atoms with van der Waals surface area (Å²) in [5.74, 6) is -1.40. The van der Waals surface area contributed by atoms with Crippen LogP contribution in [0.5, 0.6) is 0 Å². The van der Waals surface area contributed by atoms with Crippen molar-refractivity contribution in [1.29, 1.82) is 0 Å². The molecule has 2 aromatic rings. The van der Waals surface area contributed by atoms with Crippen LogP contribution >= 0.6 is 11.3 Å². The van der Waals surface area contributed by atoms with Gasteiger partial charge in [-0.15, -0.1) is 11.3 Å². The predicted molar refractivity (Wildman–Crippen MR) is 96.2 cm³/mol. The Morgan fingerprint density at radius 3 is 2.23 bits per heavy atom. The summed E-state index contributed by atoms with van der Waals surface area (Å²) in [7, 11) is -3.96. The molecule has 0 spiro atoms. The molecule has 0 bridgehead atoms. The van der Waals surface area contributed by atoms with Crippen LogP contribution in [0.25, 0.3) is 0 Å². The molecule has 0 aliphatic heterocycles. The van der Waals surface area contributed by atoms with E-state index >= 15 is 0 Å². The normalized spacial score (nSPS) is 12.2. The first-order valence-corrected chi connectivity index (χ1v) is 9.84. The molecule has 8 nitrogen and oxygen atoms in total. The molecule has 0 unspecified atom stereocenters. The molecule has 26 heavy (non-hydrogen) atoms. The van der Waals surface area contributed by atoms with Crippen molar-refractivity contribution >= 4 is 39.0 Å². The van der Waals surface area contributed by atoms with Crippen molar-refractivity contribution in [2.24, 2.45) is 0 Å². The van der Waals surface area contributed by atoms with Crippen LogP contribution in [-0.2, 0) is 14.8 Å². The van der Waals surface area contributed by atoms with E-state index in [0.717, 1.165) is 0 Å². The van der Waals surface area contributed by atoms with Gasteiger partial charge in [-0.1, -0.05) is 18.2 Å². The van der Waals surface area contributed by atoms with E-state index in [4.69, 9.17) is 0 Å². The average Bonchev–Trinajstić information content (AvgIpc) is 3.13. The highest BCUT2D eigenvalue weighted by molar-refractivity contribution is 7.89. The molecule has 0 radical (unpaired) electrons. The van der Waals surface area contributed by atoms with Gasteiger partial charge in [0.25, 0.3) is 11.8 Å². The molecule has 138 valence electrons. The molecule has 0 aliphatic carbocycles. The summed E-state index contributed by atoms with van der Waals surface area (Å²) in [5.41, 5.74) is 4.76. The Bertz CT molecular complexity index is 906. The molecule has 1 atom stereocenters. The van der Waals surface area contributed by atoms with Gasteiger partial charge in [-0.05, 0) is 37.4 Å². The predicted octanol–water partition coefficient (Wildman–Crippen LogP) is 1.08. The van der Waals surface area contributed by atoms with Crippen LogP contribution in [0.2, 0.25) is 0 Å². The van der Waals surface area contributed by atoms with Gasteiger partial charge < -0.3 is 0 Å². The molecule has 1 aromatic heterocycles. The Morgan fingerprint density at radius 1 is 1.04 bits per heavy atom. The summed E-state index contributed by atoms with van der Waals surface area (Å²) in [5, 5.41) is 1.71. The van der Waals surface area contributed by atoms with Gasteiger partial charge in [0.1, 0.15) is 0 Å². The van der Waals surface area contributed by atoms with E-state index in [2.05, 4.69) is 15.6 Å². The number of rotatable bonds is 6. The Labute approximate surface area is 154 Å². The topological polar surface area (TPSA) is 121 Å². The number of thiophene rings is 1. The lowest BCUT2D eigenvalue weighted by Gasteiger charge is -2.15. The van der Waals surface area contributed by atoms with Gasteiger partial charge in [0, 0.05) is 5.56 Å². The summed E-state index contributed by atoms with van der Waals surface area (Å²) in [6, 6.07) is 7.49. The number of carbonyl (C=O) groups excluding carboxylic acids is 3. The van der Waals surface area contributed by atoms with E-state index in [1.54, 1.807) is 17.5 Å². The number of hydrazine groups is 1. The third-order valence-corrected chi connectivity index (χ3v) is 5.77. The van der Waals surface area contributed by atoms with Gasteiger partial charge in [-0.25, -0.2) is 8.42 Å². The van der Waals surface area contributed by atoms with Gasteiger partial charge in [0.15, 0.2) is 5.78 Å². The minimum atomic E-state index is -3.96. The molecule has 0 saturated heterocycles. The van der Waals surface area contributed by atoms with Gasteiger partial charge >= 0.3 is 0 Å². The summed E-state index contributed by atoms with van der Waals surface area (Å²) in [4.78, 5) is 35.3. The van der Waals surface area contributed by atoms with Crippen LogP contribution < -0.4 is 15.6 Å². The number of sulfonamides is 1. The van der Waals surface area contributed by atoms with Crippen LogP contribution in [0, 0.1) is 0 Å². The van der Waals surface area contributed by atoms with Gasteiger partial charge in [-0.3, -0.25) is 25.2 Å². The zero-order valence-corrected chi connectivity index (χ0v) is 15.6. The Morgan fingerprint density at radius 2 is 1.69 bits per heavy atom. The van der Waals surface area contributed by atoms with E-state index in [-0.39, 0.29) is 10.7 Å². The molecule has 0 saturated carbocycles. The summed E-state index contributed by atoms with van der Waals surface area (Å²) >= 11 is 1.20. The third-order valence-electron chi connectivity index (χ3n) is 3.34. The zero-order valence-electron chi connectivity index (χ0n) is 14.0. The largest absolute Gasteiger partial charge is 0.295 e. The van der Waals surface area contributed by atoms with Gasteiger partial charge in [0.2, 0.25) is 10.0 Å². The molecule has 2 rings (SSSR count). The van der Waals surface area contributed by atoms with Gasteiger partial charge in [-0.2, -0.15) is 4.72 Å². The van der Waals surface area contributed by atoms with E-state index in [0.29, 0.717) is 10.4 Å². The molecular formula is C16H17N3O5S2. The molecular weight excluding hydrogens is 378 g/mol. The number of benzene rings is 1. The SMILES string of the molecule is CC(=O)c1ccc(S(=O)(=O)N[C@@H](C)C(=O)NNC(=O)c2cccs2)cc1. The Balaban J connectivity index is 1.96. The van der Waals surface area contributed by atoms with Crippen molar-refractivity contribution in [3.8, 4) is 0 Å². The lowest BCUT2D eigenvalue weighted by atomic mass is 10.2. The molecule has 2 amide bonds. The monoisotopic (exact) mass is 395 g/mol. The van der Waals surface area contributed by atoms with Crippen LogP contribution in [0.1, 0.15) is 33.9 Å². The van der Waals surface area contributed by atoms with Crippen LogP contribution in [0.15, 0.2) is 46.7 Å². The summed E-state index contributed by atoms with van der Waals surface area (Å²) < 4.78 is 26.8. The standard InChI is InChI=1S/C16H17N3O5S2/c1-10(15(21)17-18-16(22)14-4-3-9-25-14)19-26(23,24)13-7-5-12(6-8-13)11(2)20/h3-10,19H,1-2H3,(H,17,21)(H,18,22)/t10-/m0/s1. The number of Topliss-reactive ketones (excluding diaryl/α,β-unsaturated/α-hetero) is 1. The molecule has 0 aliphatic rings. The summed E-state index contributed by atoms with van der Waals surface area (Å²) in [6.07, 6.45) is 0. The average molecular weight is 395 g/mol. The Kier molecular flexibility index (Phi) is 6.24. The fourth-order valence-electron chi connectivity index (χ4n) is 1.92. The number of nitrogens with one attached hydrogen (secondary N) is 3. The smallest absolute Gasteiger partial charge is 0.279 e. The fourth-order valence-corrected chi connectivity index (χ4v) is 3.74. The maximum Gasteiger partial charge on any atom is 0.279 e. The minimum Gasteiger partial charge on any atom is -0.295 e. The second-order valence-electron chi connectivity index (χ2n) is 5.34. The second kappa shape index (κ2) is 8.21. The van der Waals surface area contributed by atoms with E-state index in [9.17, 15) is 22.8 Å². The van der Waals surface area contributed by atoms with Crippen molar-refractivity contribution in [2.45, 2.75) is 24.8 Å². The number of hydrogen-bond donors (Lipinski definition) is 3. The van der Waals surface area contributed by atoms with Crippen LogP contribution in [-0.4, -0.2) is 32.1 Å². The van der Waals surface area contributed by atoms with Gasteiger partial charge in [0.05, 0.1) is 15.8 Å². The van der Waals surface area contributed by atoms with Crippen molar-refractivity contribution in [3.63, 3.8) is 0 Å². The quantitative estimate of drug-likeness (QED) is 0.499. The van der Waals surface area contributed by atoms with Crippen molar-refractivity contribution in [1.82, 2.24) is 15.6 Å². The summed E-state index contributed by atoms with van der Waals surface area (Å²) in [6.45, 7) is 2.72. The highest BCUT2D eigenvalue weighted by Crippen LogP contribution is 2.11. The van der Waals surface area contributed by atoms with E-state index in [1.165, 1.54) is 49.4 Å². The molecule has 1 heterocycles. The lowest BCUT2D eigenvalue weighted by Crippen LogP contribution is -2.50. The number of ketones is 1. The van der Waals surface area contributed by atoms with E-state index in [1.807, 2.05) is 0 Å². The third kappa shape index (κ3) is 4.97. The highest BCUT2D eigenvalue weighted by atomic mass is 32.2. The first-order chi connectivity index (χ1) is 12.2. The number of amides is 2. The Hall–Kier alpha value is -2.56. The van der Waals surface area contributed by atoms with Crippen molar-refractivity contribution < 1.29 is 22.8 Å². The number of carbonyl (C=O) groups is 3. The minimum absolute atomic E-state index is 0.0789. The first kappa shape index (κ1) is 19.8. The molecule has 3 N–H and O–H groups in total. The van der Waals surface area contributed by atoms with Crippen LogP contribution in [0.4, 0.5) is 0 Å². The number of hydrogen-bond acceptors (Lipinski definition) is 6. The maximum absolute atomic E-state index is 12.3. The van der Waals surface area contributed by atoms with Crippen molar-refractivity contribution in [2.75, 3.05) is 0 Å². The molecule has 1 aromatic carbocycles. The first-order valence-electron chi connectivity index (χ1n) is 7.48.